The molecular weight excluding hydrogens is 228 g/mol. The monoisotopic (exact) mass is 244 g/mol. The highest BCUT2D eigenvalue weighted by molar-refractivity contribution is 5.22. The van der Waals surface area contributed by atoms with Gasteiger partial charge < -0.3 is 0 Å². The van der Waals surface area contributed by atoms with E-state index in [-0.39, 0.29) is 11.2 Å². The van der Waals surface area contributed by atoms with Crippen molar-refractivity contribution in [1.82, 2.24) is 9.55 Å². The number of hydrogen-bond donors (Lipinski definition) is 1. The number of aromatic amines is 1. The van der Waals surface area contributed by atoms with Gasteiger partial charge in [0.1, 0.15) is 0 Å². The van der Waals surface area contributed by atoms with Crippen molar-refractivity contribution in [3.05, 3.63) is 68.5 Å². The van der Waals surface area contributed by atoms with E-state index in [9.17, 15) is 9.59 Å². The predicted octanol–water partition coefficient (Wildman–Crippen LogP) is 1.54. The van der Waals surface area contributed by atoms with Crippen LogP contribution in [-0.2, 0) is 13.0 Å². The molecule has 0 aliphatic heterocycles. The summed E-state index contributed by atoms with van der Waals surface area (Å²) in [6.07, 6.45) is 3.71. The summed E-state index contributed by atoms with van der Waals surface area (Å²) < 4.78 is 1.48. The van der Waals surface area contributed by atoms with E-state index in [2.05, 4.69) is 24.0 Å². The highest BCUT2D eigenvalue weighted by Crippen LogP contribution is 2.07. The summed E-state index contributed by atoms with van der Waals surface area (Å²) in [5.41, 5.74) is 1.61. The van der Waals surface area contributed by atoms with E-state index >= 15 is 0 Å². The van der Waals surface area contributed by atoms with Crippen LogP contribution in [0.3, 0.4) is 0 Å². The third kappa shape index (κ3) is 2.97. The summed E-state index contributed by atoms with van der Waals surface area (Å²) in [5.74, 6) is 0. The van der Waals surface area contributed by atoms with Gasteiger partial charge in [-0.25, -0.2) is 4.79 Å². The first-order valence-electron chi connectivity index (χ1n) is 6.06. The maximum Gasteiger partial charge on any atom is 0.328 e. The molecule has 0 fully saturated rings. The second-order valence-electron chi connectivity index (χ2n) is 4.30. The molecule has 0 atom stereocenters. The summed E-state index contributed by atoms with van der Waals surface area (Å²) in [6.45, 7) is 2.62. The standard InChI is InChI=1S/C14H16N2O2/c1-2-3-11-4-6-12(7-5-11)10-16-9-8-13(17)15-14(16)18/h4-9H,2-3,10H2,1H3,(H,15,17,18). The van der Waals surface area contributed by atoms with Gasteiger partial charge in [0.2, 0.25) is 0 Å². The van der Waals surface area contributed by atoms with Crippen LogP contribution in [0.5, 0.6) is 0 Å². The molecule has 0 spiro atoms. The van der Waals surface area contributed by atoms with Crippen LogP contribution >= 0.6 is 0 Å². The first-order chi connectivity index (χ1) is 8.69. The van der Waals surface area contributed by atoms with Gasteiger partial charge in [-0.3, -0.25) is 14.3 Å². The molecule has 0 radical (unpaired) electrons. The Labute approximate surface area is 105 Å². The Hall–Kier alpha value is -2.10. The van der Waals surface area contributed by atoms with Crippen LogP contribution in [-0.4, -0.2) is 9.55 Å². The molecule has 0 saturated heterocycles. The number of nitrogens with zero attached hydrogens (tertiary/aromatic N) is 1. The van der Waals surface area contributed by atoms with Crippen LogP contribution < -0.4 is 11.2 Å². The number of nitrogens with one attached hydrogen (secondary N) is 1. The number of rotatable bonds is 4. The third-order valence-corrected chi connectivity index (χ3v) is 2.81. The van der Waals surface area contributed by atoms with Gasteiger partial charge in [-0.05, 0) is 17.5 Å². The Morgan fingerprint density at radius 2 is 1.72 bits per heavy atom. The van der Waals surface area contributed by atoms with Gasteiger partial charge in [0.05, 0.1) is 6.54 Å². The van der Waals surface area contributed by atoms with E-state index in [1.807, 2.05) is 12.1 Å². The molecule has 94 valence electrons. The second-order valence-corrected chi connectivity index (χ2v) is 4.30. The highest BCUT2D eigenvalue weighted by Gasteiger charge is 1.99. The fourth-order valence-corrected chi connectivity index (χ4v) is 1.87. The Balaban J connectivity index is 2.18. The van der Waals surface area contributed by atoms with Crippen molar-refractivity contribution < 1.29 is 0 Å². The summed E-state index contributed by atoms with van der Waals surface area (Å²) in [7, 11) is 0. The molecule has 1 aromatic heterocycles. The largest absolute Gasteiger partial charge is 0.328 e. The van der Waals surface area contributed by atoms with Crippen LogP contribution in [0.25, 0.3) is 0 Å². The zero-order valence-corrected chi connectivity index (χ0v) is 10.3. The lowest BCUT2D eigenvalue weighted by Gasteiger charge is -2.05. The second kappa shape index (κ2) is 5.49. The molecule has 18 heavy (non-hydrogen) atoms. The quantitative estimate of drug-likeness (QED) is 0.887. The maximum absolute atomic E-state index is 11.5. The van der Waals surface area contributed by atoms with E-state index in [1.165, 1.54) is 22.4 Å². The summed E-state index contributed by atoms with van der Waals surface area (Å²) >= 11 is 0. The molecule has 0 aliphatic carbocycles. The SMILES string of the molecule is CCCc1ccc(Cn2ccc(=O)[nH]c2=O)cc1. The van der Waals surface area contributed by atoms with Crippen molar-refractivity contribution in [2.75, 3.05) is 0 Å². The maximum atomic E-state index is 11.5. The van der Waals surface area contributed by atoms with Crippen molar-refractivity contribution in [3.63, 3.8) is 0 Å². The summed E-state index contributed by atoms with van der Waals surface area (Å²) in [4.78, 5) is 24.7. The van der Waals surface area contributed by atoms with Crippen molar-refractivity contribution >= 4 is 0 Å². The van der Waals surface area contributed by atoms with Gasteiger partial charge in [0, 0.05) is 12.3 Å². The number of aryl methyl sites for hydroxylation is 1. The number of H-pyrrole nitrogens is 1. The van der Waals surface area contributed by atoms with Gasteiger partial charge in [0.25, 0.3) is 5.56 Å². The zero-order chi connectivity index (χ0) is 13.0. The van der Waals surface area contributed by atoms with E-state index in [0.717, 1.165) is 18.4 Å². The smallest absolute Gasteiger partial charge is 0.296 e. The molecule has 4 heteroatoms. The zero-order valence-electron chi connectivity index (χ0n) is 10.3. The Bertz CT molecular complexity index is 623. The predicted molar refractivity (Wildman–Crippen MR) is 70.9 cm³/mol. The van der Waals surface area contributed by atoms with Crippen molar-refractivity contribution in [2.24, 2.45) is 0 Å². The van der Waals surface area contributed by atoms with Crippen LogP contribution in [0.4, 0.5) is 0 Å². The molecule has 2 aromatic rings. The van der Waals surface area contributed by atoms with Crippen LogP contribution in [0, 0.1) is 0 Å². The molecule has 0 bridgehead atoms. The molecule has 0 unspecified atom stereocenters. The topological polar surface area (TPSA) is 54.9 Å². The minimum atomic E-state index is -0.375. The molecule has 0 aliphatic rings. The fraction of sp³-hybridized carbons (Fsp3) is 0.286. The fourth-order valence-electron chi connectivity index (χ4n) is 1.87. The number of hydrogen-bond acceptors (Lipinski definition) is 2. The molecule has 0 amide bonds. The molecule has 1 aromatic carbocycles. The first-order valence-corrected chi connectivity index (χ1v) is 6.06. The van der Waals surface area contributed by atoms with Gasteiger partial charge in [-0.2, -0.15) is 0 Å². The normalized spacial score (nSPS) is 10.5. The van der Waals surface area contributed by atoms with Crippen LogP contribution in [0.1, 0.15) is 24.5 Å². The Morgan fingerprint density at radius 1 is 1.06 bits per heavy atom. The minimum Gasteiger partial charge on any atom is -0.296 e. The summed E-state index contributed by atoms with van der Waals surface area (Å²) in [5, 5.41) is 0. The molecule has 2 rings (SSSR count). The first kappa shape index (κ1) is 12.4. The lowest BCUT2D eigenvalue weighted by molar-refractivity contribution is 0.720. The third-order valence-electron chi connectivity index (χ3n) is 2.81. The van der Waals surface area contributed by atoms with Crippen LogP contribution in [0.2, 0.25) is 0 Å². The van der Waals surface area contributed by atoms with E-state index in [1.54, 1.807) is 0 Å². The number of benzene rings is 1. The molecule has 4 nitrogen and oxygen atoms in total. The lowest BCUT2D eigenvalue weighted by Crippen LogP contribution is -2.28. The average molecular weight is 244 g/mol. The Morgan fingerprint density at radius 3 is 2.33 bits per heavy atom. The van der Waals surface area contributed by atoms with Gasteiger partial charge in [-0.15, -0.1) is 0 Å². The van der Waals surface area contributed by atoms with Crippen molar-refractivity contribution in [2.45, 2.75) is 26.3 Å². The van der Waals surface area contributed by atoms with Gasteiger partial charge in [-0.1, -0.05) is 37.6 Å². The van der Waals surface area contributed by atoms with E-state index in [4.69, 9.17) is 0 Å². The molecular formula is C14H16N2O2. The van der Waals surface area contributed by atoms with E-state index < -0.39 is 0 Å². The average Bonchev–Trinajstić information content (AvgIpc) is 2.35. The Kier molecular flexibility index (Phi) is 3.77. The van der Waals surface area contributed by atoms with Crippen molar-refractivity contribution in [1.29, 1.82) is 0 Å². The summed E-state index contributed by atoms with van der Waals surface area (Å²) in [6, 6.07) is 9.54. The molecule has 1 N–H and O–H groups in total. The molecule has 0 saturated carbocycles. The van der Waals surface area contributed by atoms with Gasteiger partial charge in [0.15, 0.2) is 0 Å². The van der Waals surface area contributed by atoms with Gasteiger partial charge >= 0.3 is 5.69 Å². The lowest BCUT2D eigenvalue weighted by atomic mass is 10.1. The number of aromatic nitrogens is 2. The van der Waals surface area contributed by atoms with E-state index in [0.29, 0.717) is 6.54 Å². The minimum absolute atomic E-state index is 0.366. The highest BCUT2D eigenvalue weighted by atomic mass is 16.2. The molecule has 1 heterocycles. The van der Waals surface area contributed by atoms with Crippen molar-refractivity contribution in [3.8, 4) is 0 Å². The van der Waals surface area contributed by atoms with Crippen LogP contribution in [0.15, 0.2) is 46.1 Å².